The van der Waals surface area contributed by atoms with Crippen LogP contribution in [0.25, 0.3) is 0 Å². The van der Waals surface area contributed by atoms with E-state index in [4.69, 9.17) is 11.1 Å². The summed E-state index contributed by atoms with van der Waals surface area (Å²) < 4.78 is 66.8. The van der Waals surface area contributed by atoms with Crippen molar-refractivity contribution >= 4 is 44.0 Å². The molecule has 4 fully saturated rings. The predicted octanol–water partition coefficient (Wildman–Crippen LogP) is 10.8. The Balaban J connectivity index is 0.000000373. The van der Waals surface area contributed by atoms with Gasteiger partial charge in [-0.15, -0.1) is 23.8 Å². The number of rotatable bonds is 21. The molecular formula is C59H99IN4O9S2+4. The van der Waals surface area contributed by atoms with Gasteiger partial charge < -0.3 is 23.4 Å². The fraction of sp³-hybridized carbons (Fsp3) is 0.593. The number of benzene rings is 4. The lowest BCUT2D eigenvalue weighted by atomic mass is 10.0. The molecule has 4 saturated heterocycles. The van der Waals surface area contributed by atoms with Crippen LogP contribution < -0.4 is 0 Å². The van der Waals surface area contributed by atoms with Crippen molar-refractivity contribution in [1.29, 1.82) is 0.594 Å². The number of quaternary nitrogens is 4. The summed E-state index contributed by atoms with van der Waals surface area (Å²) in [6, 6.07) is 30.3. The van der Waals surface area contributed by atoms with Gasteiger partial charge in [0.1, 0.15) is 0.594 Å². The second kappa shape index (κ2) is 32.9. The van der Waals surface area contributed by atoms with Gasteiger partial charge in [-0.1, -0.05) is 100 Å². The molecule has 0 aliphatic carbocycles. The van der Waals surface area contributed by atoms with Crippen LogP contribution in [-0.4, -0.2) is 158 Å². The van der Waals surface area contributed by atoms with Crippen molar-refractivity contribution in [3.8, 4) is 0 Å². The van der Waals surface area contributed by atoms with E-state index < -0.39 is 20.2 Å². The quantitative estimate of drug-likeness (QED) is 0.0361. The van der Waals surface area contributed by atoms with E-state index in [9.17, 15) is 16.8 Å². The molecule has 0 saturated carbocycles. The van der Waals surface area contributed by atoms with Crippen molar-refractivity contribution < 1.29 is 59.4 Å². The Bertz CT molecular complexity index is 2190. The first-order valence-electron chi connectivity index (χ1n) is 27.4. The number of hydrogen-bond donors (Lipinski definition) is 2. The minimum Gasteiger partial charge on any atom is -0.412 e. The molecule has 0 spiro atoms. The average molecular weight is 1200 g/mol. The van der Waals surface area contributed by atoms with Crippen LogP contribution in [0.2, 0.25) is 0 Å². The van der Waals surface area contributed by atoms with Gasteiger partial charge in [0, 0.05) is 77.0 Å². The summed E-state index contributed by atoms with van der Waals surface area (Å²) in [5.74, 6) is 0. The zero-order valence-corrected chi connectivity index (χ0v) is 49.7. The second-order valence-electron chi connectivity index (χ2n) is 22.7. The Morgan fingerprint density at radius 2 is 0.653 bits per heavy atom. The van der Waals surface area contributed by atoms with E-state index in [1.165, 1.54) is 247 Å². The highest BCUT2D eigenvalue weighted by Gasteiger charge is 2.29. The topological polar surface area (TPSA) is 159 Å². The lowest BCUT2D eigenvalue weighted by molar-refractivity contribution is -0.897. The summed E-state index contributed by atoms with van der Waals surface area (Å²) in [5, 5.41) is 12.0. The van der Waals surface area contributed by atoms with E-state index in [1.807, 2.05) is 0 Å². The molecule has 4 aromatic carbocycles. The van der Waals surface area contributed by atoms with Gasteiger partial charge in [-0.3, -0.25) is 10.5 Å². The van der Waals surface area contributed by atoms with E-state index >= 15 is 0 Å². The smallest absolute Gasteiger partial charge is 0.324 e. The first-order chi connectivity index (χ1) is 35.3. The number of nitrogens with zero attached hydrogens (tertiary/aromatic N) is 4. The minimum atomic E-state index is -4.33. The Kier molecular flexibility index (Phi) is 29.1. The van der Waals surface area contributed by atoms with Crippen LogP contribution in [0.15, 0.2) is 107 Å². The van der Waals surface area contributed by atoms with Crippen LogP contribution in [0.3, 0.4) is 0 Å². The highest BCUT2D eigenvalue weighted by atomic mass is 127. The van der Waals surface area contributed by atoms with Crippen LogP contribution in [0.1, 0.15) is 118 Å². The van der Waals surface area contributed by atoms with Gasteiger partial charge in [-0.2, -0.15) is 16.8 Å². The van der Waals surface area contributed by atoms with Crippen molar-refractivity contribution in [2.24, 2.45) is 0 Å². The maximum Gasteiger partial charge on any atom is 0.324 e. The molecule has 16 heteroatoms. The number of hydrogen-bond acceptors (Lipinski definition) is 8. The van der Waals surface area contributed by atoms with E-state index in [1.54, 1.807) is 60.4 Å². The van der Waals surface area contributed by atoms with Gasteiger partial charge in [0.25, 0.3) is 0 Å². The lowest BCUT2D eigenvalue weighted by Gasteiger charge is -2.29. The Labute approximate surface area is 472 Å². The standard InChI is InChI=1S/2C22H38N2.C14H14O6S2.CH4.HI.H2O2.H2O/c2*1-23(14-3-4-15-23)18-8-12-21-10-7-11-22(20-21)13-9-19-24(2)16-5-6-17-24;1-11-3-7-13(8-4-11)21(15,16)19-20-22(17,18)14-9-5-12(2)6-10-14;;;1-2;/h2*7,10-11,20H,3-6,8-9,12-19H2,1-2H3;3-10H,1-2H3;1H4;1H;1-2H;1H2/q2*+2;;;;;/i/hD. The monoisotopic (exact) mass is 1200 g/mol. The summed E-state index contributed by atoms with van der Waals surface area (Å²) in [5.41, 5.74) is 7.93. The molecule has 424 valence electrons. The van der Waals surface area contributed by atoms with Crippen LogP contribution in [0, 0.1) is 13.8 Å². The Morgan fingerprint density at radius 3 is 0.867 bits per heavy atom. The zero-order valence-electron chi connectivity index (χ0n) is 46.9. The van der Waals surface area contributed by atoms with Gasteiger partial charge in [-0.05, 0) is 86.1 Å². The fourth-order valence-corrected chi connectivity index (χ4v) is 13.1. The third-order valence-electron chi connectivity index (χ3n) is 16.0. The van der Waals surface area contributed by atoms with Gasteiger partial charge in [0.05, 0.1) is 117 Å². The zero-order chi connectivity index (χ0) is 54.1. The molecule has 8 rings (SSSR count). The van der Waals surface area contributed by atoms with Crippen molar-refractivity contribution in [3.05, 3.63) is 130 Å². The van der Waals surface area contributed by atoms with Crippen molar-refractivity contribution in [1.82, 2.24) is 0 Å². The maximum atomic E-state index is 11.9. The van der Waals surface area contributed by atoms with Gasteiger partial charge in [0.15, 0.2) is 0 Å². The molecule has 4 aromatic rings. The Hall–Kier alpha value is -2.85. The van der Waals surface area contributed by atoms with Gasteiger partial charge in [0.2, 0.25) is 0 Å². The highest BCUT2D eigenvalue weighted by molar-refractivity contribution is 14.0. The summed E-state index contributed by atoms with van der Waals surface area (Å²) in [6.45, 7) is 20.2. The number of halogens is 1. The largest absolute Gasteiger partial charge is 0.412 e. The third-order valence-corrected chi connectivity index (χ3v) is 18.3. The summed E-state index contributed by atoms with van der Waals surface area (Å²) in [4.78, 5) is -0.394. The summed E-state index contributed by atoms with van der Waals surface area (Å²) in [7, 11) is 1.14. The van der Waals surface area contributed by atoms with E-state index in [2.05, 4.69) is 85.4 Å². The summed E-state index contributed by atoms with van der Waals surface area (Å²) >= 11 is 1.40. The molecule has 4 aliphatic heterocycles. The van der Waals surface area contributed by atoms with Crippen molar-refractivity contribution in [2.45, 2.75) is 134 Å². The molecule has 75 heavy (non-hydrogen) atoms. The van der Waals surface area contributed by atoms with Crippen molar-refractivity contribution in [2.75, 3.05) is 107 Å². The van der Waals surface area contributed by atoms with E-state index in [-0.39, 0.29) is 22.7 Å². The third kappa shape index (κ3) is 23.6. The van der Waals surface area contributed by atoms with E-state index in [0.29, 0.717) is 0 Å². The molecule has 4 aliphatic rings. The van der Waals surface area contributed by atoms with Crippen LogP contribution >= 0.6 is 23.8 Å². The molecule has 0 unspecified atom stereocenters. The normalized spacial score (nSPS) is 17.9. The van der Waals surface area contributed by atoms with Crippen LogP contribution in [-0.2, 0) is 54.6 Å². The molecular weight excluding hydrogens is 1100 g/mol. The van der Waals surface area contributed by atoms with Gasteiger partial charge >= 0.3 is 20.2 Å². The second-order valence-corrected chi connectivity index (χ2v) is 25.7. The lowest BCUT2D eigenvalue weighted by Crippen LogP contribution is -2.41. The van der Waals surface area contributed by atoms with E-state index in [0.717, 1.165) is 11.1 Å². The SMILES string of the molecule is C.C[N+]1(CCCc2cccc(CCC[N+]3(C)CCCC3)c2)CCCC1.C[N+]1(CCCc2cccc(CCC[N+]3(C)CCCC3)c2)CCCC1.Cc1ccc(S(=O)(=O)OOS(=O)(=O)c2ccc(C)cc2)cc1.O.OO.[2H]I. The molecule has 0 amide bonds. The molecule has 0 atom stereocenters. The summed E-state index contributed by atoms with van der Waals surface area (Å²) in [6.07, 6.45) is 21.9. The first kappa shape index (κ1) is 66.4. The minimum absolute atomic E-state index is 0. The highest BCUT2D eigenvalue weighted by Crippen LogP contribution is 2.23. The van der Waals surface area contributed by atoms with Crippen molar-refractivity contribution in [3.63, 3.8) is 0 Å². The fourth-order valence-electron chi connectivity index (χ4n) is 11.4. The van der Waals surface area contributed by atoms with Crippen LogP contribution in [0.4, 0.5) is 0 Å². The maximum absolute atomic E-state index is 11.9. The predicted molar refractivity (Wildman–Crippen MR) is 316 cm³/mol. The molecule has 0 bridgehead atoms. The van der Waals surface area contributed by atoms with Crippen LogP contribution in [0.5, 0.6) is 0 Å². The number of aryl methyl sites for hydroxylation is 6. The molecule has 0 aromatic heterocycles. The Morgan fingerprint density at radius 1 is 0.440 bits per heavy atom. The first-order valence-corrected chi connectivity index (χ1v) is 29.9. The number of likely N-dealkylation sites (tertiary alicyclic amines) is 4. The molecule has 4 heterocycles. The molecule has 0 radical (unpaired) electrons. The van der Waals surface area contributed by atoms with Gasteiger partial charge in [-0.25, -0.2) is 0 Å². The molecule has 4 N–H and O–H groups in total. The molecule has 13 nitrogen and oxygen atoms in total. The average Bonchev–Trinajstić information content (AvgIpc) is 4.23.